The molecule has 1 aromatic carbocycles. The van der Waals surface area contributed by atoms with Crippen LogP contribution in [-0.4, -0.2) is 34.8 Å². The maximum Gasteiger partial charge on any atom is 0.123 e. The Morgan fingerprint density at radius 1 is 1.29 bits per heavy atom. The van der Waals surface area contributed by atoms with E-state index >= 15 is 0 Å². The van der Waals surface area contributed by atoms with E-state index in [1.165, 1.54) is 0 Å². The van der Waals surface area contributed by atoms with Crippen LogP contribution in [0, 0.1) is 0 Å². The number of rotatable bonds is 8. The summed E-state index contributed by atoms with van der Waals surface area (Å²) in [6.07, 6.45) is 1.93. The van der Waals surface area contributed by atoms with Crippen LogP contribution in [0.2, 0.25) is 0 Å². The van der Waals surface area contributed by atoms with E-state index in [9.17, 15) is 0 Å². The first kappa shape index (κ1) is 15.3. The summed E-state index contributed by atoms with van der Waals surface area (Å²) in [5, 5.41) is 11.5. The predicted octanol–water partition coefficient (Wildman–Crippen LogP) is 1.86. The van der Waals surface area contributed by atoms with Crippen molar-refractivity contribution in [1.29, 1.82) is 0 Å². The lowest BCUT2D eigenvalue weighted by atomic mass is 10.3. The van der Waals surface area contributed by atoms with E-state index in [1.807, 2.05) is 30.5 Å². The quantitative estimate of drug-likeness (QED) is 0.804. The fourth-order valence-corrected chi connectivity index (χ4v) is 1.79. The highest BCUT2D eigenvalue weighted by molar-refractivity contribution is 5.32. The molecule has 0 unspecified atom stereocenters. The van der Waals surface area contributed by atoms with Crippen LogP contribution in [0.15, 0.2) is 30.5 Å². The Hall–Kier alpha value is -2.08. The van der Waals surface area contributed by atoms with Crippen LogP contribution in [0.1, 0.15) is 19.5 Å². The van der Waals surface area contributed by atoms with E-state index < -0.39 is 0 Å². The lowest BCUT2D eigenvalue weighted by Crippen LogP contribution is -2.21. The Morgan fingerprint density at radius 3 is 2.86 bits per heavy atom. The van der Waals surface area contributed by atoms with Crippen LogP contribution in [0.3, 0.4) is 0 Å². The topological polar surface area (TPSA) is 61.2 Å². The molecule has 1 heterocycles. The highest BCUT2D eigenvalue weighted by Crippen LogP contribution is 2.18. The Balaban J connectivity index is 1.77. The van der Waals surface area contributed by atoms with Crippen LogP contribution < -0.4 is 14.8 Å². The summed E-state index contributed by atoms with van der Waals surface area (Å²) in [6, 6.07) is 7.99. The summed E-state index contributed by atoms with van der Waals surface area (Å²) in [5.74, 6) is 1.58. The van der Waals surface area contributed by atoms with Crippen molar-refractivity contribution >= 4 is 0 Å². The maximum atomic E-state index is 5.68. The molecule has 0 bridgehead atoms. The molecule has 0 fully saturated rings. The van der Waals surface area contributed by atoms with Crippen molar-refractivity contribution in [3.05, 3.63) is 36.2 Å². The van der Waals surface area contributed by atoms with Crippen molar-refractivity contribution in [3.63, 3.8) is 0 Å². The third-order valence-corrected chi connectivity index (χ3v) is 2.91. The van der Waals surface area contributed by atoms with Gasteiger partial charge in [-0.1, -0.05) is 25.1 Å². The molecule has 1 N–H and O–H groups in total. The van der Waals surface area contributed by atoms with Gasteiger partial charge in [-0.3, -0.25) is 0 Å². The van der Waals surface area contributed by atoms with Gasteiger partial charge in [0.05, 0.1) is 19.3 Å². The molecule has 6 nitrogen and oxygen atoms in total. The first-order valence-electron chi connectivity index (χ1n) is 7.06. The molecule has 0 aliphatic heterocycles. The molecule has 0 aliphatic rings. The van der Waals surface area contributed by atoms with Gasteiger partial charge in [0.2, 0.25) is 0 Å². The molecule has 21 heavy (non-hydrogen) atoms. The van der Waals surface area contributed by atoms with Gasteiger partial charge in [0.1, 0.15) is 18.1 Å². The third kappa shape index (κ3) is 5.07. The van der Waals surface area contributed by atoms with Crippen molar-refractivity contribution in [2.75, 3.05) is 13.7 Å². The van der Waals surface area contributed by atoms with Crippen molar-refractivity contribution < 1.29 is 9.47 Å². The molecule has 114 valence electrons. The number of methoxy groups -OCH3 is 1. The number of benzene rings is 1. The second-order valence-corrected chi connectivity index (χ2v) is 5.04. The SMILES string of the molecule is COc1cccc(OCCn2cc(CNC(C)C)nn2)c1. The molecule has 2 rings (SSSR count). The summed E-state index contributed by atoms with van der Waals surface area (Å²) < 4.78 is 12.6. The zero-order valence-corrected chi connectivity index (χ0v) is 12.7. The number of nitrogens with zero attached hydrogens (tertiary/aromatic N) is 3. The summed E-state index contributed by atoms with van der Waals surface area (Å²) in [4.78, 5) is 0. The predicted molar refractivity (Wildman–Crippen MR) is 80.5 cm³/mol. The third-order valence-electron chi connectivity index (χ3n) is 2.91. The molecule has 0 spiro atoms. The monoisotopic (exact) mass is 290 g/mol. The highest BCUT2D eigenvalue weighted by atomic mass is 16.5. The fraction of sp³-hybridized carbons (Fsp3) is 0.467. The van der Waals surface area contributed by atoms with Crippen molar-refractivity contribution in [2.45, 2.75) is 33.0 Å². The number of hydrogen-bond donors (Lipinski definition) is 1. The summed E-state index contributed by atoms with van der Waals surface area (Å²) >= 11 is 0. The van der Waals surface area contributed by atoms with E-state index in [2.05, 4.69) is 29.5 Å². The van der Waals surface area contributed by atoms with Gasteiger partial charge in [0, 0.05) is 24.8 Å². The summed E-state index contributed by atoms with van der Waals surface area (Å²) in [6.45, 7) is 6.13. The van der Waals surface area contributed by atoms with Gasteiger partial charge in [-0.15, -0.1) is 5.10 Å². The van der Waals surface area contributed by atoms with Crippen molar-refractivity contribution in [2.24, 2.45) is 0 Å². The number of aromatic nitrogens is 3. The summed E-state index contributed by atoms with van der Waals surface area (Å²) in [5.41, 5.74) is 0.935. The largest absolute Gasteiger partial charge is 0.497 e. The van der Waals surface area contributed by atoms with Crippen LogP contribution in [0.4, 0.5) is 0 Å². The van der Waals surface area contributed by atoms with Gasteiger partial charge >= 0.3 is 0 Å². The molecule has 1 aromatic heterocycles. The number of nitrogens with one attached hydrogen (secondary N) is 1. The molecule has 0 aliphatic carbocycles. The minimum atomic E-state index is 0.437. The van der Waals surface area contributed by atoms with Gasteiger partial charge in [-0.05, 0) is 12.1 Å². The zero-order chi connectivity index (χ0) is 15.1. The fourth-order valence-electron chi connectivity index (χ4n) is 1.79. The smallest absolute Gasteiger partial charge is 0.123 e. The first-order chi connectivity index (χ1) is 10.2. The number of hydrogen-bond acceptors (Lipinski definition) is 5. The molecule has 0 radical (unpaired) electrons. The van der Waals surface area contributed by atoms with E-state index in [-0.39, 0.29) is 0 Å². The molecule has 0 saturated heterocycles. The standard InChI is InChI=1S/C15H22N4O2/c1-12(2)16-10-13-11-19(18-17-13)7-8-21-15-6-4-5-14(9-15)20-3/h4-6,9,11-12,16H,7-8,10H2,1-3H3. The molecule has 0 atom stereocenters. The Kier molecular flexibility index (Phi) is 5.57. The van der Waals surface area contributed by atoms with Crippen LogP contribution in [-0.2, 0) is 13.1 Å². The van der Waals surface area contributed by atoms with E-state index in [0.717, 1.165) is 23.7 Å². The minimum absolute atomic E-state index is 0.437. The second kappa shape index (κ2) is 7.64. The minimum Gasteiger partial charge on any atom is -0.497 e. The average molecular weight is 290 g/mol. The molecule has 0 amide bonds. The van der Waals surface area contributed by atoms with Gasteiger partial charge in [0.25, 0.3) is 0 Å². The summed E-state index contributed by atoms with van der Waals surface area (Å²) in [7, 11) is 1.64. The van der Waals surface area contributed by atoms with Gasteiger partial charge in [-0.25, -0.2) is 4.68 Å². The first-order valence-corrected chi connectivity index (χ1v) is 7.06. The van der Waals surface area contributed by atoms with Crippen molar-refractivity contribution in [1.82, 2.24) is 20.3 Å². The normalized spacial score (nSPS) is 10.9. The van der Waals surface area contributed by atoms with E-state index in [4.69, 9.17) is 9.47 Å². The Morgan fingerprint density at radius 2 is 2.10 bits per heavy atom. The van der Waals surface area contributed by atoms with E-state index in [1.54, 1.807) is 11.8 Å². The highest BCUT2D eigenvalue weighted by Gasteiger charge is 2.02. The van der Waals surface area contributed by atoms with E-state index in [0.29, 0.717) is 19.2 Å². The molecular formula is C15H22N4O2. The van der Waals surface area contributed by atoms with Gasteiger partial charge in [0.15, 0.2) is 0 Å². The number of ether oxygens (including phenoxy) is 2. The average Bonchev–Trinajstić information content (AvgIpc) is 2.93. The van der Waals surface area contributed by atoms with Crippen LogP contribution in [0.5, 0.6) is 11.5 Å². The molecule has 6 heteroatoms. The Bertz CT molecular complexity index is 554. The lowest BCUT2D eigenvalue weighted by Gasteiger charge is -2.07. The van der Waals surface area contributed by atoms with Gasteiger partial charge < -0.3 is 14.8 Å². The second-order valence-electron chi connectivity index (χ2n) is 5.04. The molecular weight excluding hydrogens is 268 g/mol. The lowest BCUT2D eigenvalue weighted by molar-refractivity contribution is 0.288. The van der Waals surface area contributed by atoms with Gasteiger partial charge in [-0.2, -0.15) is 0 Å². The Labute approximate surface area is 125 Å². The zero-order valence-electron chi connectivity index (χ0n) is 12.7. The van der Waals surface area contributed by atoms with Crippen molar-refractivity contribution in [3.8, 4) is 11.5 Å². The van der Waals surface area contributed by atoms with Crippen LogP contribution in [0.25, 0.3) is 0 Å². The van der Waals surface area contributed by atoms with Crippen LogP contribution >= 0.6 is 0 Å². The molecule has 2 aromatic rings. The molecule has 0 saturated carbocycles. The maximum absolute atomic E-state index is 5.68.